The average Bonchev–Trinajstić information content (AvgIpc) is 1.14. The third-order valence-corrected chi connectivity index (χ3v) is 22.0. The largest absolute Gasteiger partial charge is 0.457 e. The van der Waals surface area contributed by atoms with Gasteiger partial charge in [0.25, 0.3) is 0 Å². The molecule has 0 N–H and O–H groups in total. The summed E-state index contributed by atoms with van der Waals surface area (Å²) in [5.74, 6) is -8.01. The number of benzene rings is 5. The van der Waals surface area contributed by atoms with Gasteiger partial charge in [0, 0.05) is 45.9 Å². The minimum atomic E-state index is -2.92. The average molecular weight is 1270 g/mol. The lowest BCUT2D eigenvalue weighted by Crippen LogP contribution is -2.54. The molecule has 0 bridgehead atoms. The van der Waals surface area contributed by atoms with E-state index in [0.29, 0.717) is 71.6 Å². The number of thiazole rings is 2. The van der Waals surface area contributed by atoms with Crippen molar-refractivity contribution in [1.82, 2.24) is 9.97 Å². The summed E-state index contributed by atoms with van der Waals surface area (Å²) in [7, 11) is 0. The molecule has 466 valence electrons. The number of aromatic nitrogens is 2. The summed E-state index contributed by atoms with van der Waals surface area (Å²) in [6.45, 7) is -1.41. The zero-order valence-electron chi connectivity index (χ0n) is 50.0. The first kappa shape index (κ1) is 59.2. The van der Waals surface area contributed by atoms with E-state index < -0.39 is 58.8 Å². The predicted molar refractivity (Wildman–Crippen MR) is 336 cm³/mol. The number of carbonyl (C=O) groups is 8. The molecule has 5 aromatic carbocycles. The Balaban J connectivity index is 0.930. The second-order valence-electron chi connectivity index (χ2n) is 25.4. The summed E-state index contributed by atoms with van der Waals surface area (Å²) in [6, 6.07) is 37.8. The molecule has 4 heterocycles. The molecular formula is C72H62N4O14S2. The molecule has 20 heteroatoms. The Morgan fingerprint density at radius 1 is 0.424 bits per heavy atom. The maximum absolute atomic E-state index is 15.7. The van der Waals surface area contributed by atoms with Crippen LogP contribution in [0.5, 0.6) is 11.8 Å². The minimum Gasteiger partial charge on any atom is -0.457 e. The number of rotatable bonds is 14. The fraction of sp³-hybridized carbons (Fsp3) is 0.361. The number of carbonyl (C=O) groups excluding carboxylic acids is 8. The van der Waals surface area contributed by atoms with E-state index in [2.05, 4.69) is 0 Å². The van der Waals surface area contributed by atoms with Crippen LogP contribution < -0.4 is 9.47 Å². The van der Waals surface area contributed by atoms with Crippen LogP contribution >= 0.6 is 22.7 Å². The quantitative estimate of drug-likeness (QED) is 0.0558. The molecule has 92 heavy (non-hydrogen) atoms. The van der Waals surface area contributed by atoms with Crippen molar-refractivity contribution in [3.8, 4) is 32.6 Å². The number of aliphatic imine (C=N–C) groups is 2. The topological polar surface area (TPSA) is 242 Å². The van der Waals surface area contributed by atoms with Gasteiger partial charge in [-0.2, -0.15) is 9.97 Å². The van der Waals surface area contributed by atoms with Crippen LogP contribution in [0.25, 0.3) is 20.9 Å². The summed E-state index contributed by atoms with van der Waals surface area (Å²) in [4.78, 5) is 140. The van der Waals surface area contributed by atoms with Crippen molar-refractivity contribution in [2.24, 2.45) is 57.3 Å². The molecule has 15 rings (SSSR count). The van der Waals surface area contributed by atoms with Crippen molar-refractivity contribution < 1.29 is 66.8 Å². The monoisotopic (exact) mass is 1270 g/mol. The van der Waals surface area contributed by atoms with Crippen LogP contribution in [0.15, 0.2) is 143 Å². The van der Waals surface area contributed by atoms with E-state index in [-0.39, 0.29) is 115 Å². The second-order valence-corrected chi connectivity index (χ2v) is 27.3. The van der Waals surface area contributed by atoms with Gasteiger partial charge in [-0.25, -0.2) is 29.2 Å². The van der Waals surface area contributed by atoms with Gasteiger partial charge in [-0.05, 0) is 83.7 Å². The third kappa shape index (κ3) is 10.4. The first-order chi connectivity index (χ1) is 44.8. The van der Waals surface area contributed by atoms with Crippen LogP contribution in [0, 0.1) is 47.3 Å². The van der Waals surface area contributed by atoms with E-state index in [0.717, 1.165) is 74.0 Å². The van der Waals surface area contributed by atoms with E-state index in [1.807, 2.05) is 0 Å². The van der Waals surface area contributed by atoms with E-state index >= 15 is 19.2 Å². The van der Waals surface area contributed by atoms with Gasteiger partial charge in [-0.1, -0.05) is 195 Å². The third-order valence-electron chi connectivity index (χ3n) is 20.1. The van der Waals surface area contributed by atoms with Gasteiger partial charge >= 0.3 is 35.1 Å². The standard InChI is InChI=1S/C72H62N4O14S2/c77-57-47-29-43-25-13-14-26-44(43)30-48(47)58(78)55(57)73-69-75-63-61(91-69)51-34-54-52(33-53(51)71(89-63,65(81)85-35-39-17-5-1-6-18-39)66(82)86-36-40-19-7-2-8-20-40)62-64(76-70(92-62)74-56-59(79)49-31-45-27-15-16-28-46(45)32-50(49)60(56)80)90-72(54,67(83)87-37-41-21-9-3-10-22-41)68(84)88-38-42-23-11-4-12-24-42/h1-12,17-24,33-34,43-50H,13-16,25-32,35-38H2. The SMILES string of the molecule is O=C1C(=Nc2nc3c(s2)-c2cc4c(cc2C(C(=O)OCc2ccccc2)(C(=O)OCc2ccccc2)O3)-c2sc(N=C3C(=O)C5CC6CCCCC6CC5C3=O)nc2OC4(C(=O)OCc2ccccc2)C(=O)OCc2ccccc2)C(=O)C2CC3CCCCC3CC12. The molecule has 0 radical (unpaired) electrons. The highest BCUT2D eigenvalue weighted by molar-refractivity contribution is 7.19. The lowest BCUT2D eigenvalue weighted by atomic mass is 9.64. The summed E-state index contributed by atoms with van der Waals surface area (Å²) < 4.78 is 38.1. The Hall–Kier alpha value is -9.14. The Bertz CT molecular complexity index is 3770. The first-order valence-corrected chi connectivity index (χ1v) is 33.3. The number of ketones is 4. The molecule has 7 aromatic rings. The number of esters is 4. The van der Waals surface area contributed by atoms with Crippen LogP contribution in [0.1, 0.15) is 110 Å². The Labute approximate surface area is 536 Å². The Kier molecular flexibility index (Phi) is 15.5. The van der Waals surface area contributed by atoms with Gasteiger partial charge < -0.3 is 28.4 Å². The molecule has 8 unspecified atom stereocenters. The molecule has 0 amide bonds. The highest BCUT2D eigenvalue weighted by atomic mass is 32.1. The Morgan fingerprint density at radius 3 is 0.967 bits per heavy atom. The number of nitrogens with zero attached hydrogens (tertiary/aromatic N) is 4. The van der Waals surface area contributed by atoms with E-state index in [1.54, 1.807) is 121 Å². The van der Waals surface area contributed by atoms with Crippen LogP contribution in [-0.2, 0) is 94.9 Å². The number of hydrogen-bond donors (Lipinski definition) is 0. The van der Waals surface area contributed by atoms with Gasteiger partial charge in [0.15, 0.2) is 34.6 Å². The summed E-state index contributed by atoms with van der Waals surface area (Å²) >= 11 is 1.75. The smallest absolute Gasteiger partial charge is 0.367 e. The lowest BCUT2D eigenvalue weighted by molar-refractivity contribution is -0.185. The normalized spacial score (nSPS) is 24.3. The molecular weight excluding hydrogens is 1210 g/mol. The van der Waals surface area contributed by atoms with Crippen molar-refractivity contribution in [2.45, 2.75) is 115 Å². The molecule has 8 aliphatic rings. The summed E-state index contributed by atoms with van der Waals surface area (Å²) in [5, 5.41) is -0.264. The van der Waals surface area contributed by atoms with Gasteiger partial charge in [-0.15, -0.1) is 0 Å². The van der Waals surface area contributed by atoms with Crippen LogP contribution in [-0.4, -0.2) is 68.4 Å². The highest BCUT2D eigenvalue weighted by Crippen LogP contribution is 2.59. The van der Waals surface area contributed by atoms with Crippen molar-refractivity contribution in [3.63, 3.8) is 0 Å². The van der Waals surface area contributed by atoms with Gasteiger partial charge in [0.2, 0.25) is 22.0 Å². The number of ether oxygens (including phenoxy) is 6. The molecule has 6 saturated carbocycles. The minimum absolute atomic E-state index is 0.0254. The van der Waals surface area contributed by atoms with Crippen molar-refractivity contribution >= 4 is 91.4 Å². The fourth-order valence-electron chi connectivity index (χ4n) is 15.5. The predicted octanol–water partition coefficient (Wildman–Crippen LogP) is 12.2. The molecule has 0 saturated heterocycles. The number of hydrogen-bond acceptors (Lipinski definition) is 20. The molecule has 2 aliphatic heterocycles. The van der Waals surface area contributed by atoms with Crippen molar-refractivity contribution in [1.29, 1.82) is 0 Å². The van der Waals surface area contributed by atoms with Crippen LogP contribution in [0.4, 0.5) is 10.3 Å². The molecule has 0 spiro atoms. The molecule has 18 nitrogen and oxygen atoms in total. The van der Waals surface area contributed by atoms with E-state index in [9.17, 15) is 19.2 Å². The maximum atomic E-state index is 15.7. The zero-order valence-corrected chi connectivity index (χ0v) is 51.6. The molecule has 6 aliphatic carbocycles. The molecule has 8 atom stereocenters. The molecule has 2 aromatic heterocycles. The second kappa shape index (κ2) is 24.2. The van der Waals surface area contributed by atoms with Crippen molar-refractivity contribution in [2.75, 3.05) is 0 Å². The summed E-state index contributed by atoms with van der Waals surface area (Å²) in [6.07, 6.45) is 10.6. The summed E-state index contributed by atoms with van der Waals surface area (Å²) in [5.41, 5.74) is -4.61. The lowest BCUT2D eigenvalue weighted by Gasteiger charge is -2.39. The first-order valence-electron chi connectivity index (χ1n) is 31.6. The van der Waals surface area contributed by atoms with Gasteiger partial charge in [0.1, 0.15) is 36.2 Å². The Morgan fingerprint density at radius 2 is 0.696 bits per heavy atom. The van der Waals surface area contributed by atoms with Gasteiger partial charge in [-0.3, -0.25) is 19.2 Å². The van der Waals surface area contributed by atoms with E-state index in [4.69, 9.17) is 48.4 Å². The maximum Gasteiger partial charge on any atom is 0.367 e. The number of Topliss-reactive ketones (excluding diaryl/α,β-unsaturated/α-hetero) is 4. The van der Waals surface area contributed by atoms with Crippen molar-refractivity contribution in [3.05, 3.63) is 167 Å². The highest BCUT2D eigenvalue weighted by Gasteiger charge is 2.63. The van der Waals surface area contributed by atoms with E-state index in [1.165, 1.54) is 12.1 Å². The molecule has 6 fully saturated rings. The zero-order chi connectivity index (χ0) is 62.8. The fourth-order valence-corrected chi connectivity index (χ4v) is 17.3. The van der Waals surface area contributed by atoms with Gasteiger partial charge in [0.05, 0.1) is 0 Å². The van der Waals surface area contributed by atoms with Crippen LogP contribution in [0.2, 0.25) is 0 Å². The number of fused-ring (bicyclic) bond motifs is 10. The van der Waals surface area contributed by atoms with Crippen LogP contribution in [0.3, 0.4) is 0 Å².